The van der Waals surface area contributed by atoms with E-state index in [0.717, 1.165) is 59.5 Å². The molecule has 208 valence electrons. The lowest BCUT2D eigenvalue weighted by Crippen LogP contribution is -2.78. The lowest BCUT2D eigenvalue weighted by atomic mass is 9.48. The fourth-order valence-corrected chi connectivity index (χ4v) is 7.13. The SMILES string of the molecule is C=C1CC[C@@]2(O)[C@H]3Cc4ccc(C(N)=O)c(O)c4[C@@]2(CC[N+]3(C)CC2CC2)C1.O=C(O)C(O)C(O)C(=O)O. The molecule has 1 heterocycles. The highest BCUT2D eigenvalue weighted by Crippen LogP contribution is 2.62. The average Bonchev–Trinajstić information content (AvgIpc) is 3.65. The second-order valence-electron chi connectivity index (χ2n) is 11.7. The summed E-state index contributed by atoms with van der Waals surface area (Å²) in [6.07, 6.45) is 1.78. The van der Waals surface area contributed by atoms with Gasteiger partial charge in [-0.05, 0) is 43.7 Å². The van der Waals surface area contributed by atoms with Crippen LogP contribution >= 0.6 is 0 Å². The molecule has 0 aromatic heterocycles. The van der Waals surface area contributed by atoms with E-state index in [1.54, 1.807) is 6.07 Å². The minimum atomic E-state index is -2.27. The predicted octanol–water partition coefficient (Wildman–Crippen LogP) is 0.263. The first-order chi connectivity index (χ1) is 17.7. The van der Waals surface area contributed by atoms with Crippen LogP contribution in [0.1, 0.15) is 60.0 Å². The molecule has 6 atom stereocenters. The van der Waals surface area contributed by atoms with Crippen LogP contribution in [0, 0.1) is 5.92 Å². The molecular formula is C27H37N2O9+. The number of benzene rings is 1. The van der Waals surface area contributed by atoms with Gasteiger partial charge in [-0.2, -0.15) is 0 Å². The Morgan fingerprint density at radius 2 is 1.74 bits per heavy atom. The van der Waals surface area contributed by atoms with Crippen molar-refractivity contribution in [3.8, 4) is 5.75 Å². The summed E-state index contributed by atoms with van der Waals surface area (Å²) in [6, 6.07) is 3.71. The first kappa shape index (κ1) is 28.0. The van der Waals surface area contributed by atoms with Crippen molar-refractivity contribution in [2.45, 2.75) is 74.2 Å². The van der Waals surface area contributed by atoms with E-state index < -0.39 is 41.1 Å². The van der Waals surface area contributed by atoms with Crippen LogP contribution in [0.4, 0.5) is 0 Å². The van der Waals surface area contributed by atoms with Gasteiger partial charge in [-0.3, -0.25) is 4.79 Å². The topological polar surface area (TPSA) is 199 Å². The van der Waals surface area contributed by atoms with Crippen molar-refractivity contribution in [2.24, 2.45) is 11.7 Å². The number of phenols is 1. The minimum Gasteiger partial charge on any atom is -0.507 e. The number of carbonyl (C=O) groups is 3. The molecule has 1 saturated heterocycles. The quantitative estimate of drug-likeness (QED) is 0.198. The number of aliphatic carboxylic acids is 2. The number of nitrogens with two attached hydrogens (primary N) is 1. The van der Waals surface area contributed by atoms with E-state index in [1.807, 2.05) is 6.07 Å². The van der Waals surface area contributed by atoms with Crippen LogP contribution < -0.4 is 5.73 Å². The second-order valence-corrected chi connectivity index (χ2v) is 11.7. The highest BCUT2D eigenvalue weighted by Gasteiger charge is 2.69. The van der Waals surface area contributed by atoms with Gasteiger partial charge < -0.3 is 40.9 Å². The number of allylic oxidation sites excluding steroid dienone is 1. The molecule has 1 aliphatic heterocycles. The van der Waals surface area contributed by atoms with Gasteiger partial charge in [0.1, 0.15) is 17.4 Å². The number of carbonyl (C=O) groups excluding carboxylic acids is 1. The van der Waals surface area contributed by atoms with Crippen molar-refractivity contribution in [1.82, 2.24) is 0 Å². The van der Waals surface area contributed by atoms with Gasteiger partial charge in [0.05, 0.1) is 25.7 Å². The van der Waals surface area contributed by atoms with Crippen molar-refractivity contribution >= 4 is 17.8 Å². The van der Waals surface area contributed by atoms with Crippen LogP contribution in [0.15, 0.2) is 24.3 Å². The molecule has 11 heteroatoms. The van der Waals surface area contributed by atoms with E-state index in [4.69, 9.17) is 26.2 Å². The molecule has 1 aromatic rings. The van der Waals surface area contributed by atoms with E-state index in [1.165, 1.54) is 12.8 Å². The number of aliphatic hydroxyl groups is 3. The zero-order chi connectivity index (χ0) is 28.2. The fraction of sp³-hybridized carbons (Fsp3) is 0.593. The first-order valence-corrected chi connectivity index (χ1v) is 12.9. The number of amides is 1. The first-order valence-electron chi connectivity index (χ1n) is 12.9. The van der Waals surface area contributed by atoms with Crippen molar-refractivity contribution in [2.75, 3.05) is 20.1 Å². The van der Waals surface area contributed by atoms with Gasteiger partial charge in [-0.15, -0.1) is 0 Å². The van der Waals surface area contributed by atoms with E-state index >= 15 is 0 Å². The van der Waals surface area contributed by atoms with Gasteiger partial charge in [0.2, 0.25) is 0 Å². The average molecular weight is 534 g/mol. The number of rotatable bonds is 6. The van der Waals surface area contributed by atoms with Crippen LogP contribution in [0.3, 0.4) is 0 Å². The number of likely N-dealkylation sites (N-methyl/N-ethyl adjacent to an activating group) is 1. The maximum atomic E-state index is 12.3. The number of carboxylic acid groups (broad SMARTS) is 2. The number of aromatic hydroxyl groups is 1. The molecule has 8 N–H and O–H groups in total. The summed E-state index contributed by atoms with van der Waals surface area (Å²) in [4.78, 5) is 31.4. The molecule has 11 nitrogen and oxygen atoms in total. The molecule has 0 spiro atoms. The summed E-state index contributed by atoms with van der Waals surface area (Å²) >= 11 is 0. The van der Waals surface area contributed by atoms with Crippen LogP contribution in [0.2, 0.25) is 0 Å². The lowest BCUT2D eigenvalue weighted by Gasteiger charge is -2.65. The predicted molar refractivity (Wildman–Crippen MR) is 134 cm³/mol. The Kier molecular flexibility index (Phi) is 7.11. The Labute approximate surface area is 220 Å². The molecular weight excluding hydrogens is 496 g/mol. The third-order valence-corrected chi connectivity index (χ3v) is 9.19. The molecule has 4 aliphatic rings. The zero-order valence-corrected chi connectivity index (χ0v) is 21.5. The smallest absolute Gasteiger partial charge is 0.335 e. The van der Waals surface area contributed by atoms with E-state index in [2.05, 4.69) is 13.6 Å². The molecule has 5 rings (SSSR count). The highest BCUT2D eigenvalue weighted by molar-refractivity contribution is 5.96. The number of primary amides is 1. The number of nitrogens with zero attached hydrogens (tertiary/aromatic N) is 1. The maximum Gasteiger partial charge on any atom is 0.335 e. The van der Waals surface area contributed by atoms with E-state index in [-0.39, 0.29) is 17.4 Å². The van der Waals surface area contributed by atoms with Gasteiger partial charge in [-0.25, -0.2) is 9.59 Å². The normalized spacial score (nSPS) is 33.1. The number of carboxylic acids is 2. The highest BCUT2D eigenvalue weighted by atomic mass is 16.4. The van der Waals surface area contributed by atoms with Gasteiger partial charge in [0.25, 0.3) is 5.91 Å². The molecule has 0 radical (unpaired) electrons. The number of fused-ring (bicyclic) bond motifs is 1. The molecule has 3 unspecified atom stereocenters. The zero-order valence-electron chi connectivity index (χ0n) is 21.5. The Bertz CT molecular complexity index is 1160. The summed E-state index contributed by atoms with van der Waals surface area (Å²) in [5, 5.41) is 55.9. The molecule has 1 aromatic carbocycles. The van der Waals surface area contributed by atoms with Gasteiger partial charge in [-0.1, -0.05) is 18.2 Å². The summed E-state index contributed by atoms with van der Waals surface area (Å²) in [7, 11) is 2.32. The third-order valence-electron chi connectivity index (χ3n) is 9.19. The Morgan fingerprint density at radius 3 is 2.26 bits per heavy atom. The summed E-state index contributed by atoms with van der Waals surface area (Å²) in [5.74, 6) is -3.39. The number of piperidine rings is 1. The van der Waals surface area contributed by atoms with E-state index in [0.29, 0.717) is 12.8 Å². The van der Waals surface area contributed by atoms with Crippen molar-refractivity contribution in [3.63, 3.8) is 0 Å². The fourth-order valence-electron chi connectivity index (χ4n) is 7.13. The Balaban J connectivity index is 0.000000289. The number of quaternary nitrogens is 1. The monoisotopic (exact) mass is 533 g/mol. The molecule has 2 bridgehead atoms. The van der Waals surface area contributed by atoms with Crippen LogP contribution in [0.5, 0.6) is 5.75 Å². The van der Waals surface area contributed by atoms with Crippen molar-refractivity contribution in [1.29, 1.82) is 0 Å². The molecule has 38 heavy (non-hydrogen) atoms. The second kappa shape index (κ2) is 9.64. The standard InChI is InChI=1S/C23H30N2O3.C4H6O6/c1-14-7-8-23(28)18-11-16-5-6-17(21(24)27)20(26)19(16)22(23,12-14)9-10-25(18,2)13-15-3-4-15;5-1(3(7)8)2(6)4(9)10/h5-6,15,18,28H,1,3-4,7-13H2,2H3,(H2-,24,26,27);1-2,5-6H,(H,7,8)(H,9,10)/p+1/t18-,22-,23-,25?;/m1./s1. The van der Waals surface area contributed by atoms with Crippen molar-refractivity contribution < 1.29 is 49.5 Å². The number of hydrogen-bond acceptors (Lipinski definition) is 7. The third kappa shape index (κ3) is 4.47. The number of hydrogen-bond donors (Lipinski definition) is 7. The van der Waals surface area contributed by atoms with Gasteiger partial charge >= 0.3 is 11.9 Å². The Morgan fingerprint density at radius 1 is 1.13 bits per heavy atom. The number of aliphatic hydroxyl groups excluding tert-OH is 2. The summed E-state index contributed by atoms with van der Waals surface area (Å²) in [5.41, 5.74) is 7.17. The van der Waals surface area contributed by atoms with Gasteiger partial charge in [0, 0.05) is 29.7 Å². The lowest BCUT2D eigenvalue weighted by molar-refractivity contribution is -0.950. The summed E-state index contributed by atoms with van der Waals surface area (Å²) < 4.78 is 0.910. The Hall–Kier alpha value is -2.99. The van der Waals surface area contributed by atoms with Crippen molar-refractivity contribution in [3.05, 3.63) is 41.0 Å². The largest absolute Gasteiger partial charge is 0.507 e. The molecule has 3 fully saturated rings. The van der Waals surface area contributed by atoms with E-state index in [9.17, 15) is 24.6 Å². The summed E-state index contributed by atoms with van der Waals surface area (Å²) in [6.45, 7) is 6.36. The molecule has 1 amide bonds. The van der Waals surface area contributed by atoms with Crippen LogP contribution in [-0.2, 0) is 21.4 Å². The molecule has 2 saturated carbocycles. The van der Waals surface area contributed by atoms with Crippen LogP contribution in [-0.4, -0.2) is 97.0 Å². The van der Waals surface area contributed by atoms with Gasteiger partial charge in [0.15, 0.2) is 12.2 Å². The number of likely N-dealkylation sites (tertiary alicyclic amines) is 1. The van der Waals surface area contributed by atoms with Crippen LogP contribution in [0.25, 0.3) is 0 Å². The minimum absolute atomic E-state index is 0.0186. The molecule has 3 aliphatic carbocycles. The maximum absolute atomic E-state index is 12.3.